The number of benzene rings is 1. The Balaban J connectivity index is 1.85. The minimum absolute atomic E-state index is 0.584. The molecule has 0 amide bonds. The fraction of sp³-hybridized carbons (Fsp3) is 0.500. The summed E-state index contributed by atoms with van der Waals surface area (Å²) in [4.78, 5) is 4.74. The molecule has 1 heterocycles. The van der Waals surface area contributed by atoms with Crippen LogP contribution in [0.2, 0.25) is 0 Å². The summed E-state index contributed by atoms with van der Waals surface area (Å²) >= 11 is 0. The van der Waals surface area contributed by atoms with E-state index in [1.54, 1.807) is 0 Å². The number of hydrogen-bond acceptors (Lipinski definition) is 3. The molecular weight excluding hydrogens is 248 g/mol. The molecule has 0 saturated heterocycles. The van der Waals surface area contributed by atoms with Gasteiger partial charge in [-0.05, 0) is 38.4 Å². The molecule has 1 aliphatic rings. The van der Waals surface area contributed by atoms with Crippen LogP contribution in [-0.2, 0) is 6.42 Å². The zero-order valence-corrected chi connectivity index (χ0v) is 12.0. The summed E-state index contributed by atoms with van der Waals surface area (Å²) in [5.74, 6) is 2.50. The van der Waals surface area contributed by atoms with Crippen molar-refractivity contribution in [3.63, 3.8) is 0 Å². The number of nitrogens with one attached hydrogen (secondary N) is 2. The number of likely N-dealkylation sites (N-methyl/N-ethyl adjacent to an activating group) is 1. The molecule has 20 heavy (non-hydrogen) atoms. The second-order valence-electron chi connectivity index (χ2n) is 5.54. The van der Waals surface area contributed by atoms with Crippen LogP contribution in [0.4, 0.5) is 0 Å². The van der Waals surface area contributed by atoms with Gasteiger partial charge in [0, 0.05) is 11.5 Å². The van der Waals surface area contributed by atoms with Crippen molar-refractivity contribution in [3.8, 4) is 11.4 Å². The van der Waals surface area contributed by atoms with E-state index in [1.807, 2.05) is 7.05 Å². The third-order valence-corrected chi connectivity index (χ3v) is 4.15. The zero-order chi connectivity index (χ0) is 13.8. The van der Waals surface area contributed by atoms with Crippen LogP contribution in [0.1, 0.15) is 43.0 Å². The average Bonchev–Trinajstić information content (AvgIpc) is 3.15. The molecule has 1 aromatic heterocycles. The van der Waals surface area contributed by atoms with Crippen LogP contribution >= 0.6 is 0 Å². The molecule has 4 heteroatoms. The van der Waals surface area contributed by atoms with E-state index >= 15 is 0 Å². The van der Waals surface area contributed by atoms with E-state index in [4.69, 9.17) is 4.98 Å². The van der Waals surface area contributed by atoms with E-state index in [2.05, 4.69) is 39.8 Å². The lowest BCUT2D eigenvalue weighted by atomic mass is 10.0. The molecule has 4 nitrogen and oxygen atoms in total. The van der Waals surface area contributed by atoms with Gasteiger partial charge in [-0.2, -0.15) is 5.10 Å². The van der Waals surface area contributed by atoms with E-state index in [1.165, 1.54) is 31.2 Å². The number of aromatic nitrogens is 3. The fourth-order valence-electron chi connectivity index (χ4n) is 2.99. The lowest BCUT2D eigenvalue weighted by molar-refractivity contribution is 0.672. The number of rotatable bonds is 5. The Morgan fingerprint density at radius 1 is 1.25 bits per heavy atom. The van der Waals surface area contributed by atoms with Gasteiger partial charge in [0.05, 0.1) is 0 Å². The highest BCUT2D eigenvalue weighted by Gasteiger charge is 2.21. The van der Waals surface area contributed by atoms with Crippen LogP contribution in [0.25, 0.3) is 11.4 Å². The Bertz CT molecular complexity index is 555. The van der Waals surface area contributed by atoms with Crippen molar-refractivity contribution in [2.75, 3.05) is 13.6 Å². The summed E-state index contributed by atoms with van der Waals surface area (Å²) in [6.07, 6.45) is 6.13. The highest BCUT2D eigenvalue weighted by atomic mass is 15.2. The van der Waals surface area contributed by atoms with Crippen LogP contribution in [0.15, 0.2) is 24.3 Å². The van der Waals surface area contributed by atoms with Gasteiger partial charge in [0.2, 0.25) is 0 Å². The summed E-state index contributed by atoms with van der Waals surface area (Å²) in [6, 6.07) is 8.42. The van der Waals surface area contributed by atoms with Crippen molar-refractivity contribution >= 4 is 0 Å². The van der Waals surface area contributed by atoms with Crippen molar-refractivity contribution in [2.24, 2.45) is 0 Å². The third kappa shape index (κ3) is 2.75. The van der Waals surface area contributed by atoms with Crippen molar-refractivity contribution in [1.82, 2.24) is 20.5 Å². The number of hydrogen-bond donors (Lipinski definition) is 2. The molecule has 2 N–H and O–H groups in total. The normalized spacial score (nSPS) is 15.8. The second-order valence-corrected chi connectivity index (χ2v) is 5.54. The van der Waals surface area contributed by atoms with Gasteiger partial charge >= 0.3 is 0 Å². The fourth-order valence-corrected chi connectivity index (χ4v) is 2.99. The number of nitrogens with zero attached hydrogens (tertiary/aromatic N) is 2. The molecule has 1 fully saturated rings. The Labute approximate surface area is 120 Å². The third-order valence-electron chi connectivity index (χ3n) is 4.15. The molecular formula is C16H22N4. The SMILES string of the molecule is CNCCc1ccccc1-c1n[nH]c(C2CCCC2)n1. The molecule has 1 aliphatic carbocycles. The number of aromatic amines is 1. The Morgan fingerprint density at radius 2 is 2.05 bits per heavy atom. The highest BCUT2D eigenvalue weighted by molar-refractivity contribution is 5.60. The summed E-state index contributed by atoms with van der Waals surface area (Å²) in [5.41, 5.74) is 2.46. The quantitative estimate of drug-likeness (QED) is 0.878. The minimum atomic E-state index is 0.584. The molecule has 0 aliphatic heterocycles. The van der Waals surface area contributed by atoms with Gasteiger partial charge in [0.1, 0.15) is 5.82 Å². The van der Waals surface area contributed by atoms with Crippen LogP contribution in [-0.4, -0.2) is 28.8 Å². The predicted octanol–water partition coefficient (Wildman–Crippen LogP) is 2.89. The van der Waals surface area contributed by atoms with Crippen molar-refractivity contribution in [3.05, 3.63) is 35.7 Å². The lowest BCUT2D eigenvalue weighted by Crippen LogP contribution is -2.10. The van der Waals surface area contributed by atoms with Crippen molar-refractivity contribution in [1.29, 1.82) is 0 Å². The standard InChI is InChI=1S/C16H22N4/c1-17-11-10-12-6-4-5-9-14(12)16-18-15(19-20-16)13-7-2-3-8-13/h4-6,9,13,17H,2-3,7-8,10-11H2,1H3,(H,18,19,20). The van der Waals surface area contributed by atoms with Gasteiger partial charge in [-0.1, -0.05) is 37.1 Å². The van der Waals surface area contributed by atoms with E-state index in [9.17, 15) is 0 Å². The minimum Gasteiger partial charge on any atom is -0.319 e. The Kier molecular flexibility index (Phi) is 4.11. The number of H-pyrrole nitrogens is 1. The maximum atomic E-state index is 4.74. The molecule has 1 aromatic carbocycles. The molecule has 106 valence electrons. The smallest absolute Gasteiger partial charge is 0.181 e. The average molecular weight is 270 g/mol. The van der Waals surface area contributed by atoms with Crippen LogP contribution < -0.4 is 5.32 Å². The van der Waals surface area contributed by atoms with Gasteiger partial charge in [0.25, 0.3) is 0 Å². The predicted molar refractivity (Wildman–Crippen MR) is 80.7 cm³/mol. The van der Waals surface area contributed by atoms with Crippen LogP contribution in [0.5, 0.6) is 0 Å². The van der Waals surface area contributed by atoms with E-state index in [-0.39, 0.29) is 0 Å². The maximum absolute atomic E-state index is 4.74. The van der Waals surface area contributed by atoms with E-state index < -0.39 is 0 Å². The van der Waals surface area contributed by atoms with Crippen molar-refractivity contribution < 1.29 is 0 Å². The molecule has 1 saturated carbocycles. The Hall–Kier alpha value is -1.68. The van der Waals surface area contributed by atoms with E-state index in [0.29, 0.717) is 5.92 Å². The van der Waals surface area contributed by atoms with Crippen LogP contribution in [0, 0.1) is 0 Å². The molecule has 0 atom stereocenters. The largest absolute Gasteiger partial charge is 0.319 e. The van der Waals surface area contributed by atoms with E-state index in [0.717, 1.165) is 30.2 Å². The first-order valence-corrected chi connectivity index (χ1v) is 7.53. The van der Waals surface area contributed by atoms with Gasteiger partial charge < -0.3 is 5.32 Å². The first-order chi connectivity index (χ1) is 9.88. The topological polar surface area (TPSA) is 53.6 Å². The summed E-state index contributed by atoms with van der Waals surface area (Å²) in [7, 11) is 1.98. The Morgan fingerprint density at radius 3 is 2.85 bits per heavy atom. The van der Waals surface area contributed by atoms with Gasteiger partial charge in [-0.3, -0.25) is 5.10 Å². The van der Waals surface area contributed by atoms with Crippen molar-refractivity contribution in [2.45, 2.75) is 38.0 Å². The highest BCUT2D eigenvalue weighted by Crippen LogP contribution is 2.33. The van der Waals surface area contributed by atoms with Gasteiger partial charge in [-0.15, -0.1) is 0 Å². The summed E-state index contributed by atoms with van der Waals surface area (Å²) in [5, 5.41) is 10.8. The zero-order valence-electron chi connectivity index (χ0n) is 12.0. The lowest BCUT2D eigenvalue weighted by Gasteiger charge is -2.06. The molecule has 0 radical (unpaired) electrons. The molecule has 2 aromatic rings. The first-order valence-electron chi connectivity index (χ1n) is 7.53. The van der Waals surface area contributed by atoms with Gasteiger partial charge in [0.15, 0.2) is 5.82 Å². The first kappa shape index (κ1) is 13.3. The monoisotopic (exact) mass is 270 g/mol. The molecule has 0 bridgehead atoms. The maximum Gasteiger partial charge on any atom is 0.181 e. The summed E-state index contributed by atoms with van der Waals surface area (Å²) in [6.45, 7) is 0.969. The second kappa shape index (κ2) is 6.18. The van der Waals surface area contributed by atoms with Gasteiger partial charge in [-0.25, -0.2) is 4.98 Å². The molecule has 0 spiro atoms. The van der Waals surface area contributed by atoms with Crippen LogP contribution in [0.3, 0.4) is 0 Å². The summed E-state index contributed by atoms with van der Waals surface area (Å²) < 4.78 is 0. The molecule has 0 unspecified atom stereocenters. The molecule has 3 rings (SSSR count).